The molecule has 0 atom stereocenters. The number of para-hydroxylation sites is 1. The minimum Gasteiger partial charge on any atom is -0.309 e. The number of fused-ring (bicyclic) bond motifs is 3. The van der Waals surface area contributed by atoms with Crippen LogP contribution in [0.3, 0.4) is 0 Å². The van der Waals surface area contributed by atoms with Gasteiger partial charge in [0, 0.05) is 20.9 Å². The topological polar surface area (TPSA) is 28.7 Å². The maximum Gasteiger partial charge on any atom is 0.0991 e. The molecule has 0 amide bonds. The third-order valence-corrected chi connectivity index (χ3v) is 5.00. The van der Waals surface area contributed by atoms with E-state index in [1.807, 2.05) is 24.3 Å². The van der Waals surface area contributed by atoms with Crippen molar-refractivity contribution >= 4 is 37.7 Å². The molecule has 132 valence electrons. The van der Waals surface area contributed by atoms with Crippen molar-refractivity contribution in [2.24, 2.45) is 0 Å². The Balaban J connectivity index is 1.87. The molecule has 0 aliphatic carbocycles. The van der Waals surface area contributed by atoms with E-state index in [4.69, 9.17) is 14.9 Å². The lowest BCUT2D eigenvalue weighted by molar-refractivity contribution is 1.18. The Morgan fingerprint density at radius 3 is 2.14 bits per heavy atom. The molecule has 0 spiro atoms. The second-order valence-electron chi connectivity index (χ2n) is 6.21. The first-order valence-corrected chi connectivity index (χ1v) is 9.27. The summed E-state index contributed by atoms with van der Waals surface area (Å²) in [5, 5.41) is 9.35. The summed E-state index contributed by atoms with van der Waals surface area (Å²) in [5.74, 6) is 0. The van der Waals surface area contributed by atoms with Crippen LogP contribution in [-0.4, -0.2) is 4.57 Å². The molecule has 5 aromatic rings. The van der Waals surface area contributed by atoms with Crippen LogP contribution in [0.4, 0.5) is 0 Å². The number of hydrogen-bond acceptors (Lipinski definition) is 1. The molecule has 0 aliphatic heterocycles. The summed E-state index contributed by atoms with van der Waals surface area (Å²) in [7, 11) is 0. The molecule has 4 aromatic carbocycles. The fourth-order valence-electron chi connectivity index (χ4n) is 3.29. The van der Waals surface area contributed by atoms with Crippen molar-refractivity contribution in [1.82, 2.24) is 4.57 Å². The van der Waals surface area contributed by atoms with Crippen LogP contribution in [0.15, 0.2) is 95.3 Å². The molecule has 5 rings (SSSR count). The van der Waals surface area contributed by atoms with E-state index in [0.717, 1.165) is 11.1 Å². The van der Waals surface area contributed by atoms with Crippen molar-refractivity contribution in [3.05, 3.63) is 101 Å². The van der Waals surface area contributed by atoms with E-state index in [1.54, 1.807) is 24.3 Å². The second-order valence-corrected chi connectivity index (χ2v) is 7.00. The molecule has 3 heteroatoms. The van der Waals surface area contributed by atoms with Gasteiger partial charge in [0.1, 0.15) is 0 Å². The average molecular weight is 430 g/mol. The van der Waals surface area contributed by atoms with Crippen molar-refractivity contribution < 1.29 is 9.60 Å². The Bertz CT molecular complexity index is 1640. The summed E-state index contributed by atoms with van der Waals surface area (Å²) < 4.78 is 60.7. The van der Waals surface area contributed by atoms with Crippen molar-refractivity contribution in [3.63, 3.8) is 0 Å². The lowest BCUT2D eigenvalue weighted by Gasteiger charge is -2.09. The van der Waals surface area contributed by atoms with E-state index in [1.165, 1.54) is 4.57 Å². The summed E-state index contributed by atoms with van der Waals surface area (Å²) in [4.78, 5) is 0. The summed E-state index contributed by atoms with van der Waals surface area (Å²) >= 11 is 3.21. The first-order chi connectivity index (χ1) is 16.7. The number of hydrogen-bond donors (Lipinski definition) is 0. The lowest BCUT2D eigenvalue weighted by atomic mass is 10.0. The molecule has 0 saturated carbocycles. The molecule has 0 saturated heterocycles. The highest BCUT2D eigenvalue weighted by Crippen LogP contribution is 2.34. The van der Waals surface area contributed by atoms with Gasteiger partial charge in [-0.25, -0.2) is 0 Å². The highest BCUT2D eigenvalue weighted by molar-refractivity contribution is 9.10. The van der Waals surface area contributed by atoms with Gasteiger partial charge in [0.15, 0.2) is 0 Å². The molecular weight excluding hydrogens is 408 g/mol. The van der Waals surface area contributed by atoms with Crippen LogP contribution in [0, 0.1) is 11.3 Å². The van der Waals surface area contributed by atoms with Crippen LogP contribution in [0.5, 0.6) is 0 Å². The number of rotatable bonds is 2. The molecular formula is C25H15BrN2. The quantitative estimate of drug-likeness (QED) is 0.294. The molecule has 0 bridgehead atoms. The number of nitriles is 1. The van der Waals surface area contributed by atoms with E-state index >= 15 is 0 Å². The van der Waals surface area contributed by atoms with Crippen molar-refractivity contribution in [1.29, 1.82) is 5.26 Å². The van der Waals surface area contributed by atoms with Crippen LogP contribution < -0.4 is 0 Å². The Labute approximate surface area is 181 Å². The van der Waals surface area contributed by atoms with E-state index in [2.05, 4.69) is 22.0 Å². The van der Waals surface area contributed by atoms with E-state index < -0.39 is 12.1 Å². The van der Waals surface area contributed by atoms with Crippen LogP contribution in [0.1, 0.15) is 15.2 Å². The number of benzene rings is 4. The minimum absolute atomic E-state index is 0.0950. The normalized spacial score (nSPS) is 14.5. The smallest absolute Gasteiger partial charge is 0.0991 e. The standard InChI is InChI=1S/C25H15BrN2/c26-20-11-14-25-23(15-20)22-3-1-2-4-24(22)28(25)21-12-9-19(10-13-21)18-7-5-17(16-27)6-8-18/h1-15H/i1D,2D,3D,4D,11D,14D,15D. The predicted molar refractivity (Wildman–Crippen MR) is 119 cm³/mol. The monoisotopic (exact) mass is 429 g/mol. The molecule has 2 nitrogen and oxygen atoms in total. The van der Waals surface area contributed by atoms with Gasteiger partial charge in [-0.3, -0.25) is 0 Å². The molecule has 1 heterocycles. The second kappa shape index (κ2) is 6.67. The van der Waals surface area contributed by atoms with Gasteiger partial charge in [0.05, 0.1) is 32.3 Å². The third kappa shape index (κ3) is 2.70. The molecule has 0 radical (unpaired) electrons. The molecule has 1 aromatic heterocycles. The summed E-state index contributed by atoms with van der Waals surface area (Å²) in [6.07, 6.45) is 0. The predicted octanol–water partition coefficient (Wildman–Crippen LogP) is 7.08. The Morgan fingerprint density at radius 2 is 1.43 bits per heavy atom. The Morgan fingerprint density at radius 1 is 0.786 bits per heavy atom. The van der Waals surface area contributed by atoms with Crippen LogP contribution in [0.2, 0.25) is 0 Å². The zero-order valence-corrected chi connectivity index (χ0v) is 16.0. The molecule has 0 unspecified atom stereocenters. The van der Waals surface area contributed by atoms with Gasteiger partial charge in [-0.2, -0.15) is 5.26 Å². The number of aromatic nitrogens is 1. The number of halogens is 1. The van der Waals surface area contributed by atoms with E-state index in [0.29, 0.717) is 11.3 Å². The molecule has 0 aliphatic rings. The average Bonchev–Trinajstić information content (AvgIpc) is 3.25. The maximum atomic E-state index is 9.02. The first kappa shape index (κ1) is 10.8. The minimum atomic E-state index is -0.422. The SMILES string of the molecule is [2H]c1c([2H])c([2H])c2c(c1[2H])c1c([2H])c(Br)c([2H])c([2H])c1n2-c1ccc(-c2ccc(C#N)cc2)cc1. The van der Waals surface area contributed by atoms with Crippen LogP contribution >= 0.6 is 15.9 Å². The fourth-order valence-corrected chi connectivity index (χ4v) is 3.59. The zero-order chi connectivity index (χ0) is 25.2. The lowest BCUT2D eigenvalue weighted by Crippen LogP contribution is -1.93. The molecule has 0 fully saturated rings. The van der Waals surface area contributed by atoms with Crippen LogP contribution in [-0.2, 0) is 0 Å². The zero-order valence-electron chi connectivity index (χ0n) is 21.4. The summed E-state index contributed by atoms with van der Waals surface area (Å²) in [6, 6.07) is 14.5. The van der Waals surface area contributed by atoms with Gasteiger partial charge in [-0.1, -0.05) is 58.3 Å². The van der Waals surface area contributed by atoms with E-state index in [9.17, 15) is 0 Å². The first-order valence-electron chi connectivity index (χ1n) is 12.0. The molecule has 0 N–H and O–H groups in total. The van der Waals surface area contributed by atoms with Gasteiger partial charge in [0.2, 0.25) is 0 Å². The van der Waals surface area contributed by atoms with Crippen molar-refractivity contribution in [2.75, 3.05) is 0 Å². The van der Waals surface area contributed by atoms with Crippen molar-refractivity contribution in [2.45, 2.75) is 0 Å². The van der Waals surface area contributed by atoms with E-state index in [-0.39, 0.29) is 56.5 Å². The summed E-state index contributed by atoms with van der Waals surface area (Å²) in [6.45, 7) is 0. The van der Waals surface area contributed by atoms with Gasteiger partial charge in [-0.15, -0.1) is 0 Å². The Kier molecular flexibility index (Phi) is 2.58. The largest absolute Gasteiger partial charge is 0.309 e. The van der Waals surface area contributed by atoms with Gasteiger partial charge >= 0.3 is 0 Å². The third-order valence-electron chi connectivity index (χ3n) is 4.60. The van der Waals surface area contributed by atoms with Gasteiger partial charge in [0.25, 0.3) is 0 Å². The maximum absolute atomic E-state index is 9.02. The molecule has 28 heavy (non-hydrogen) atoms. The highest BCUT2D eigenvalue weighted by Gasteiger charge is 2.12. The van der Waals surface area contributed by atoms with Gasteiger partial charge in [-0.05, 0) is 59.6 Å². The fraction of sp³-hybridized carbons (Fsp3) is 0. The summed E-state index contributed by atoms with van der Waals surface area (Å²) in [5.41, 5.74) is 3.18. The van der Waals surface area contributed by atoms with Crippen LogP contribution in [0.25, 0.3) is 38.6 Å². The Hall–Kier alpha value is -3.35. The number of nitrogens with zero attached hydrogens (tertiary/aromatic N) is 2. The van der Waals surface area contributed by atoms with Gasteiger partial charge < -0.3 is 4.57 Å². The highest BCUT2D eigenvalue weighted by atomic mass is 79.9. The van der Waals surface area contributed by atoms with Crippen molar-refractivity contribution in [3.8, 4) is 22.9 Å².